The molecule has 2 N–H and O–H groups in total. The number of halogens is 1. The number of likely N-dealkylation sites (tertiary alicyclic amines) is 1. The SMILES string of the molecule is CC(=O)NC(CC(=O)N1CCC2(CCNC2)CC1)c1ccc(C)cc1.Cl. The molecule has 2 aliphatic rings. The number of piperidine rings is 1. The predicted molar refractivity (Wildman–Crippen MR) is 105 cm³/mol. The van der Waals surface area contributed by atoms with Crippen molar-refractivity contribution >= 4 is 24.2 Å². The van der Waals surface area contributed by atoms with Crippen LogP contribution in [0.1, 0.15) is 49.8 Å². The molecule has 1 aromatic carbocycles. The summed E-state index contributed by atoms with van der Waals surface area (Å²) in [6, 6.07) is 7.78. The first-order valence-corrected chi connectivity index (χ1v) is 9.30. The standard InChI is InChI=1S/C20H29N3O2.ClH/c1-15-3-5-17(6-4-15)18(22-16(2)24)13-19(25)23-11-8-20(9-12-23)7-10-21-14-20;/h3-6,18,21H,7-14H2,1-2H3,(H,22,24);1H. The van der Waals surface area contributed by atoms with Gasteiger partial charge in [0.25, 0.3) is 0 Å². The lowest BCUT2D eigenvalue weighted by molar-refractivity contribution is -0.134. The van der Waals surface area contributed by atoms with E-state index in [0.29, 0.717) is 11.8 Å². The van der Waals surface area contributed by atoms with E-state index >= 15 is 0 Å². The van der Waals surface area contributed by atoms with E-state index in [1.165, 1.54) is 18.9 Å². The maximum absolute atomic E-state index is 12.8. The molecule has 2 heterocycles. The Morgan fingerprint density at radius 2 is 1.85 bits per heavy atom. The molecule has 2 amide bonds. The van der Waals surface area contributed by atoms with Gasteiger partial charge in [-0.2, -0.15) is 0 Å². The van der Waals surface area contributed by atoms with E-state index in [2.05, 4.69) is 10.6 Å². The Kier molecular flexibility index (Phi) is 7.07. The molecule has 5 nitrogen and oxygen atoms in total. The average Bonchev–Trinajstić information content (AvgIpc) is 3.03. The summed E-state index contributed by atoms with van der Waals surface area (Å²) in [5.74, 6) is 0.0353. The van der Waals surface area contributed by atoms with Gasteiger partial charge in [-0.25, -0.2) is 0 Å². The van der Waals surface area contributed by atoms with Crippen LogP contribution < -0.4 is 10.6 Å². The number of carbonyl (C=O) groups excluding carboxylic acids is 2. The number of carbonyl (C=O) groups is 2. The zero-order chi connectivity index (χ0) is 17.9. The van der Waals surface area contributed by atoms with Crippen LogP contribution >= 0.6 is 12.4 Å². The highest BCUT2D eigenvalue weighted by Gasteiger charge is 2.38. The third-order valence-corrected chi connectivity index (χ3v) is 5.74. The van der Waals surface area contributed by atoms with E-state index in [1.54, 1.807) is 0 Å². The summed E-state index contributed by atoms with van der Waals surface area (Å²) < 4.78 is 0. The van der Waals surface area contributed by atoms with Gasteiger partial charge < -0.3 is 15.5 Å². The van der Waals surface area contributed by atoms with Crippen LogP contribution in [-0.2, 0) is 9.59 Å². The molecule has 26 heavy (non-hydrogen) atoms. The Balaban J connectivity index is 0.00000243. The molecule has 144 valence electrons. The first kappa shape index (κ1) is 20.7. The molecule has 6 heteroatoms. The highest BCUT2D eigenvalue weighted by molar-refractivity contribution is 5.85. The topological polar surface area (TPSA) is 61.4 Å². The molecule has 1 spiro atoms. The van der Waals surface area contributed by atoms with Crippen molar-refractivity contribution in [2.45, 2.75) is 45.6 Å². The van der Waals surface area contributed by atoms with Crippen LogP contribution in [0.2, 0.25) is 0 Å². The third kappa shape index (κ3) is 4.98. The molecule has 0 radical (unpaired) electrons. The van der Waals surface area contributed by atoms with Gasteiger partial charge in [0.05, 0.1) is 12.5 Å². The number of benzene rings is 1. The van der Waals surface area contributed by atoms with Gasteiger partial charge in [-0.3, -0.25) is 9.59 Å². The number of amides is 2. The second kappa shape index (κ2) is 8.87. The fraction of sp³-hybridized carbons (Fsp3) is 0.600. The number of rotatable bonds is 4. The number of aryl methyl sites for hydroxylation is 1. The van der Waals surface area contributed by atoms with Crippen molar-refractivity contribution in [1.82, 2.24) is 15.5 Å². The van der Waals surface area contributed by atoms with Gasteiger partial charge >= 0.3 is 0 Å². The molecule has 2 aliphatic heterocycles. The molecule has 2 saturated heterocycles. The summed E-state index contributed by atoms with van der Waals surface area (Å²) in [5, 5.41) is 6.39. The summed E-state index contributed by atoms with van der Waals surface area (Å²) in [6.45, 7) is 7.40. The van der Waals surface area contributed by atoms with E-state index < -0.39 is 0 Å². The van der Waals surface area contributed by atoms with Crippen LogP contribution in [-0.4, -0.2) is 42.9 Å². The molecule has 1 unspecified atom stereocenters. The van der Waals surface area contributed by atoms with Crippen molar-refractivity contribution in [3.05, 3.63) is 35.4 Å². The zero-order valence-corrected chi connectivity index (χ0v) is 16.5. The van der Waals surface area contributed by atoms with Crippen molar-refractivity contribution in [1.29, 1.82) is 0 Å². The van der Waals surface area contributed by atoms with Gasteiger partial charge in [0, 0.05) is 26.6 Å². The minimum atomic E-state index is -0.255. The summed E-state index contributed by atoms with van der Waals surface area (Å²) in [6.07, 6.45) is 3.73. The molecular formula is C20H30ClN3O2. The van der Waals surface area contributed by atoms with Crippen molar-refractivity contribution < 1.29 is 9.59 Å². The van der Waals surface area contributed by atoms with Crippen molar-refractivity contribution in [3.8, 4) is 0 Å². The second-order valence-corrected chi connectivity index (χ2v) is 7.68. The molecule has 0 aromatic heterocycles. The van der Waals surface area contributed by atoms with E-state index in [9.17, 15) is 9.59 Å². The summed E-state index contributed by atoms with van der Waals surface area (Å²) >= 11 is 0. The normalized spacial score (nSPS) is 19.7. The van der Waals surface area contributed by atoms with Crippen LogP contribution in [0.15, 0.2) is 24.3 Å². The van der Waals surface area contributed by atoms with Crippen LogP contribution in [0.25, 0.3) is 0 Å². The summed E-state index contributed by atoms with van der Waals surface area (Å²) in [4.78, 5) is 26.4. The Morgan fingerprint density at radius 1 is 1.19 bits per heavy atom. The van der Waals surface area contributed by atoms with Crippen LogP contribution in [0.3, 0.4) is 0 Å². The average molecular weight is 380 g/mol. The highest BCUT2D eigenvalue weighted by Crippen LogP contribution is 2.37. The van der Waals surface area contributed by atoms with Crippen LogP contribution in [0.5, 0.6) is 0 Å². The summed E-state index contributed by atoms with van der Waals surface area (Å²) in [7, 11) is 0. The van der Waals surface area contributed by atoms with Gasteiger partial charge in [0.15, 0.2) is 0 Å². The first-order chi connectivity index (χ1) is 12.0. The number of nitrogens with zero attached hydrogens (tertiary/aromatic N) is 1. The van der Waals surface area contributed by atoms with E-state index in [0.717, 1.165) is 44.6 Å². The minimum absolute atomic E-state index is 0. The van der Waals surface area contributed by atoms with Gasteiger partial charge in [0.2, 0.25) is 11.8 Å². The minimum Gasteiger partial charge on any atom is -0.349 e. The highest BCUT2D eigenvalue weighted by atomic mass is 35.5. The second-order valence-electron chi connectivity index (χ2n) is 7.68. The Hall–Kier alpha value is -1.59. The van der Waals surface area contributed by atoms with Crippen molar-refractivity contribution in [2.24, 2.45) is 5.41 Å². The van der Waals surface area contributed by atoms with Crippen molar-refractivity contribution in [3.63, 3.8) is 0 Å². The van der Waals surface area contributed by atoms with Crippen LogP contribution in [0, 0.1) is 12.3 Å². The number of nitrogens with one attached hydrogen (secondary N) is 2. The Bertz CT molecular complexity index is 616. The molecule has 1 atom stereocenters. The fourth-order valence-corrected chi connectivity index (χ4v) is 4.05. The van der Waals surface area contributed by atoms with Gasteiger partial charge in [-0.15, -0.1) is 12.4 Å². The van der Waals surface area contributed by atoms with Crippen molar-refractivity contribution in [2.75, 3.05) is 26.2 Å². The van der Waals surface area contributed by atoms with E-state index in [-0.39, 0.29) is 30.3 Å². The van der Waals surface area contributed by atoms with Gasteiger partial charge in [-0.1, -0.05) is 29.8 Å². The molecule has 1 aromatic rings. The molecule has 3 rings (SSSR count). The zero-order valence-electron chi connectivity index (χ0n) is 15.7. The smallest absolute Gasteiger partial charge is 0.224 e. The number of hydrogen-bond acceptors (Lipinski definition) is 3. The molecular weight excluding hydrogens is 350 g/mol. The quantitative estimate of drug-likeness (QED) is 0.845. The maximum atomic E-state index is 12.8. The monoisotopic (exact) mass is 379 g/mol. The maximum Gasteiger partial charge on any atom is 0.224 e. The Labute approximate surface area is 162 Å². The van der Waals surface area contributed by atoms with Crippen LogP contribution in [0.4, 0.5) is 0 Å². The third-order valence-electron chi connectivity index (χ3n) is 5.74. The lowest BCUT2D eigenvalue weighted by Crippen LogP contribution is -2.45. The summed E-state index contributed by atoms with van der Waals surface area (Å²) in [5.41, 5.74) is 2.57. The first-order valence-electron chi connectivity index (χ1n) is 9.30. The fourth-order valence-electron chi connectivity index (χ4n) is 4.05. The Morgan fingerprint density at radius 3 is 2.38 bits per heavy atom. The molecule has 0 saturated carbocycles. The van der Waals surface area contributed by atoms with Gasteiger partial charge in [-0.05, 0) is 43.7 Å². The van der Waals surface area contributed by atoms with E-state index in [4.69, 9.17) is 0 Å². The van der Waals surface area contributed by atoms with E-state index in [1.807, 2.05) is 36.1 Å². The molecule has 0 bridgehead atoms. The lowest BCUT2D eigenvalue weighted by atomic mass is 9.78. The molecule has 0 aliphatic carbocycles. The predicted octanol–water partition coefficient (Wildman–Crippen LogP) is 2.59. The largest absolute Gasteiger partial charge is 0.349 e. The lowest BCUT2D eigenvalue weighted by Gasteiger charge is -2.39. The molecule has 2 fully saturated rings. The number of hydrogen-bond donors (Lipinski definition) is 2. The van der Waals surface area contributed by atoms with Gasteiger partial charge in [0.1, 0.15) is 0 Å².